The van der Waals surface area contributed by atoms with Gasteiger partial charge in [0, 0.05) is 49.2 Å². The van der Waals surface area contributed by atoms with E-state index in [2.05, 4.69) is 9.97 Å². The molecule has 0 spiro atoms. The Morgan fingerprint density at radius 3 is 2.54 bits per heavy atom. The summed E-state index contributed by atoms with van der Waals surface area (Å²) in [4.78, 5) is 10.2. The van der Waals surface area contributed by atoms with Gasteiger partial charge in [0.25, 0.3) is 0 Å². The maximum absolute atomic E-state index is 13.8. The molecule has 1 aliphatic rings. The van der Waals surface area contributed by atoms with Crippen molar-refractivity contribution in [1.82, 2.24) is 14.3 Å². The molecule has 1 aromatic carbocycles. The second-order valence-electron chi connectivity index (χ2n) is 5.44. The molecular formula is C15H16ClFN4O2S. The summed E-state index contributed by atoms with van der Waals surface area (Å²) in [5.74, 6) is -0.260. The Hall–Kier alpha value is -1.77. The maximum atomic E-state index is 13.8. The van der Waals surface area contributed by atoms with Crippen molar-refractivity contribution in [3.05, 3.63) is 53.2 Å². The van der Waals surface area contributed by atoms with Crippen LogP contribution in [0, 0.1) is 5.82 Å². The van der Waals surface area contributed by atoms with Crippen molar-refractivity contribution >= 4 is 27.4 Å². The predicted molar refractivity (Wildman–Crippen MR) is 89.9 cm³/mol. The summed E-state index contributed by atoms with van der Waals surface area (Å²) in [6, 6.07) is 4.02. The van der Waals surface area contributed by atoms with Crippen molar-refractivity contribution in [2.75, 3.05) is 31.1 Å². The number of sulfonamides is 1. The van der Waals surface area contributed by atoms with Gasteiger partial charge in [-0.3, -0.25) is 4.98 Å². The maximum Gasteiger partial charge on any atom is 0.218 e. The van der Waals surface area contributed by atoms with Gasteiger partial charge < -0.3 is 4.90 Å². The Balaban J connectivity index is 1.66. The number of halogens is 2. The normalized spacial score (nSPS) is 16.3. The predicted octanol–water partition coefficient (Wildman–Crippen LogP) is 1.92. The number of hydrogen-bond donors (Lipinski definition) is 0. The zero-order chi connectivity index (χ0) is 17.2. The van der Waals surface area contributed by atoms with Gasteiger partial charge in [-0.05, 0) is 12.1 Å². The third-order valence-electron chi connectivity index (χ3n) is 3.86. The Bertz CT molecular complexity index is 811. The highest BCUT2D eigenvalue weighted by Gasteiger charge is 2.28. The first kappa shape index (κ1) is 17.1. The van der Waals surface area contributed by atoms with Crippen molar-refractivity contribution in [2.45, 2.75) is 5.75 Å². The van der Waals surface area contributed by atoms with Crippen LogP contribution in [0.5, 0.6) is 0 Å². The van der Waals surface area contributed by atoms with Crippen LogP contribution in [-0.2, 0) is 15.8 Å². The molecule has 1 fully saturated rings. The fourth-order valence-electron chi connectivity index (χ4n) is 2.58. The van der Waals surface area contributed by atoms with Crippen LogP contribution in [0.2, 0.25) is 5.02 Å². The molecule has 2 heterocycles. The van der Waals surface area contributed by atoms with Crippen LogP contribution in [0.3, 0.4) is 0 Å². The first-order chi connectivity index (χ1) is 11.5. The average molecular weight is 371 g/mol. The van der Waals surface area contributed by atoms with E-state index in [-0.39, 0.29) is 16.3 Å². The van der Waals surface area contributed by atoms with Gasteiger partial charge in [-0.25, -0.2) is 17.8 Å². The molecule has 3 rings (SSSR count). The van der Waals surface area contributed by atoms with E-state index >= 15 is 0 Å². The number of nitrogens with zero attached hydrogens (tertiary/aromatic N) is 4. The smallest absolute Gasteiger partial charge is 0.218 e. The second kappa shape index (κ2) is 7.00. The minimum absolute atomic E-state index is 0.121. The van der Waals surface area contributed by atoms with Crippen LogP contribution < -0.4 is 4.90 Å². The van der Waals surface area contributed by atoms with Crippen molar-refractivity contribution < 1.29 is 12.8 Å². The first-order valence-electron chi connectivity index (χ1n) is 7.38. The topological polar surface area (TPSA) is 66.4 Å². The van der Waals surface area contributed by atoms with E-state index in [1.54, 1.807) is 18.6 Å². The molecule has 6 nitrogen and oxygen atoms in total. The molecule has 2 aromatic rings. The third-order valence-corrected chi connectivity index (χ3v) is 5.92. The van der Waals surface area contributed by atoms with Gasteiger partial charge in [0.1, 0.15) is 11.6 Å². The molecule has 1 saturated heterocycles. The molecule has 0 N–H and O–H groups in total. The lowest BCUT2D eigenvalue weighted by atomic mass is 10.2. The molecule has 0 aliphatic carbocycles. The van der Waals surface area contributed by atoms with Gasteiger partial charge in [-0.15, -0.1) is 0 Å². The number of hydrogen-bond acceptors (Lipinski definition) is 5. The van der Waals surface area contributed by atoms with E-state index in [4.69, 9.17) is 11.6 Å². The molecule has 0 saturated carbocycles. The molecule has 1 aliphatic heterocycles. The van der Waals surface area contributed by atoms with E-state index in [1.165, 1.54) is 16.4 Å². The minimum atomic E-state index is -3.59. The lowest BCUT2D eigenvalue weighted by Crippen LogP contribution is -2.49. The molecule has 128 valence electrons. The van der Waals surface area contributed by atoms with E-state index in [0.29, 0.717) is 26.2 Å². The lowest BCUT2D eigenvalue weighted by Gasteiger charge is -2.34. The van der Waals surface area contributed by atoms with Crippen LogP contribution in [0.1, 0.15) is 5.56 Å². The third kappa shape index (κ3) is 3.82. The summed E-state index contributed by atoms with van der Waals surface area (Å²) in [6.07, 6.45) is 4.83. The zero-order valence-electron chi connectivity index (χ0n) is 12.8. The summed E-state index contributed by atoms with van der Waals surface area (Å²) < 4.78 is 40.3. The highest BCUT2D eigenvalue weighted by molar-refractivity contribution is 7.88. The SMILES string of the molecule is O=S(=O)(Cc1ccc(Cl)cc1F)N1CCN(c2cnccn2)CC1. The Morgan fingerprint density at radius 2 is 1.92 bits per heavy atom. The molecule has 0 unspecified atom stereocenters. The summed E-state index contributed by atoms with van der Waals surface area (Å²) >= 11 is 5.69. The standard InChI is InChI=1S/C15H16ClFN4O2S/c16-13-2-1-12(14(17)9-13)11-24(22,23)21-7-5-20(6-8-21)15-10-18-3-4-19-15/h1-4,9-10H,5-8,11H2. The fraction of sp³-hybridized carbons (Fsp3) is 0.333. The van der Waals surface area contributed by atoms with Gasteiger partial charge in [0.15, 0.2) is 0 Å². The van der Waals surface area contributed by atoms with Crippen molar-refractivity contribution in [1.29, 1.82) is 0 Å². The van der Waals surface area contributed by atoms with Gasteiger partial charge in [0.05, 0.1) is 11.9 Å². The van der Waals surface area contributed by atoms with E-state index in [1.807, 2.05) is 4.90 Å². The molecular weight excluding hydrogens is 355 g/mol. The quantitative estimate of drug-likeness (QED) is 0.822. The van der Waals surface area contributed by atoms with Crippen LogP contribution >= 0.6 is 11.6 Å². The van der Waals surface area contributed by atoms with Gasteiger partial charge in [-0.2, -0.15) is 4.31 Å². The Kier molecular flexibility index (Phi) is 4.98. The van der Waals surface area contributed by atoms with Crippen molar-refractivity contribution in [3.63, 3.8) is 0 Å². The number of anilines is 1. The monoisotopic (exact) mass is 370 g/mol. The molecule has 0 amide bonds. The number of rotatable bonds is 4. The van der Waals surface area contributed by atoms with Crippen molar-refractivity contribution in [3.8, 4) is 0 Å². The molecule has 9 heteroatoms. The highest BCUT2D eigenvalue weighted by atomic mass is 35.5. The largest absolute Gasteiger partial charge is 0.353 e. The summed E-state index contributed by atoms with van der Waals surface area (Å²) in [5, 5.41) is 0.242. The van der Waals surface area contributed by atoms with Gasteiger partial charge in [0.2, 0.25) is 10.0 Å². The zero-order valence-corrected chi connectivity index (χ0v) is 14.3. The Labute approximate surface area is 144 Å². The van der Waals surface area contributed by atoms with Crippen molar-refractivity contribution in [2.24, 2.45) is 0 Å². The summed E-state index contributed by atoms with van der Waals surface area (Å²) in [7, 11) is -3.59. The van der Waals surface area contributed by atoms with Crippen LogP contribution in [0.25, 0.3) is 0 Å². The first-order valence-corrected chi connectivity index (χ1v) is 9.37. The molecule has 24 heavy (non-hydrogen) atoms. The highest BCUT2D eigenvalue weighted by Crippen LogP contribution is 2.20. The number of benzene rings is 1. The van der Waals surface area contributed by atoms with E-state index in [9.17, 15) is 12.8 Å². The molecule has 1 aromatic heterocycles. The minimum Gasteiger partial charge on any atom is -0.353 e. The van der Waals surface area contributed by atoms with E-state index in [0.717, 1.165) is 11.9 Å². The van der Waals surface area contributed by atoms with Gasteiger partial charge in [-0.1, -0.05) is 17.7 Å². The number of piperazine rings is 1. The summed E-state index contributed by atoms with van der Waals surface area (Å²) in [6.45, 7) is 1.68. The second-order valence-corrected chi connectivity index (χ2v) is 7.85. The van der Waals surface area contributed by atoms with Crippen LogP contribution in [-0.4, -0.2) is 48.9 Å². The van der Waals surface area contributed by atoms with Gasteiger partial charge >= 0.3 is 0 Å². The van der Waals surface area contributed by atoms with Crippen LogP contribution in [0.15, 0.2) is 36.8 Å². The van der Waals surface area contributed by atoms with Crippen LogP contribution in [0.4, 0.5) is 10.2 Å². The molecule has 0 bridgehead atoms. The average Bonchev–Trinajstić information content (AvgIpc) is 2.58. The lowest BCUT2D eigenvalue weighted by molar-refractivity contribution is 0.383. The Morgan fingerprint density at radius 1 is 1.17 bits per heavy atom. The molecule has 0 radical (unpaired) electrons. The fourth-order valence-corrected chi connectivity index (χ4v) is 4.26. The summed E-state index contributed by atoms with van der Waals surface area (Å²) in [5.41, 5.74) is 0.121. The van der Waals surface area contributed by atoms with E-state index < -0.39 is 15.8 Å². The molecule has 0 atom stereocenters. The number of aromatic nitrogens is 2.